The van der Waals surface area contributed by atoms with Crippen LogP contribution in [0.5, 0.6) is 0 Å². The summed E-state index contributed by atoms with van der Waals surface area (Å²) in [5.74, 6) is -0.567. The number of phosphoric ester groups is 1. The van der Waals surface area contributed by atoms with Gasteiger partial charge in [0.1, 0.15) is 19.8 Å². The molecule has 0 aliphatic carbocycles. The zero-order chi connectivity index (χ0) is 19.1. The predicted molar refractivity (Wildman–Crippen MR) is 93.1 cm³/mol. The second-order valence-corrected chi connectivity index (χ2v) is 6.52. The molecule has 0 saturated heterocycles. The maximum absolute atomic E-state index is 11.4. The Bertz CT molecular complexity index is 365. The molecule has 0 bridgehead atoms. The molecule has 140 valence electrons. The summed E-state index contributed by atoms with van der Waals surface area (Å²) in [6.45, 7) is 13.2. The van der Waals surface area contributed by atoms with Gasteiger partial charge in [-0.1, -0.05) is 34.3 Å². The average Bonchev–Trinajstić information content (AvgIpc) is 2.46. The molecular formula is C15H35NO6P+. The minimum absolute atomic E-state index is 0.100. The molecule has 0 aliphatic rings. The Balaban J connectivity index is -0.000000919. The summed E-state index contributed by atoms with van der Waals surface area (Å²) in [5, 5.41) is 0. The lowest BCUT2D eigenvalue weighted by atomic mass is 10.4. The molecule has 0 aromatic carbocycles. The summed E-state index contributed by atoms with van der Waals surface area (Å²) in [5.41, 5.74) is 0.256. The number of carbonyl (C=O) groups is 1. The number of nitrogens with zero attached hydrogens (tertiary/aromatic N) is 1. The first kappa shape index (κ1) is 27.1. The zero-order valence-corrected chi connectivity index (χ0v) is 16.8. The van der Waals surface area contributed by atoms with Gasteiger partial charge in [-0.3, -0.25) is 9.05 Å². The van der Waals surface area contributed by atoms with Crippen molar-refractivity contribution in [3.8, 4) is 0 Å². The van der Waals surface area contributed by atoms with Gasteiger partial charge in [0, 0.05) is 5.57 Å². The first-order valence-corrected chi connectivity index (χ1v) is 9.28. The monoisotopic (exact) mass is 356 g/mol. The highest BCUT2D eigenvalue weighted by atomic mass is 31.2. The van der Waals surface area contributed by atoms with Crippen molar-refractivity contribution in [2.45, 2.75) is 34.6 Å². The molecule has 0 radical (unpaired) electrons. The van der Waals surface area contributed by atoms with Gasteiger partial charge in [-0.05, 0) is 6.92 Å². The third-order valence-corrected chi connectivity index (χ3v) is 2.95. The molecule has 0 rings (SSSR count). The Morgan fingerprint density at radius 3 is 1.87 bits per heavy atom. The molecular weight excluding hydrogens is 321 g/mol. The second-order valence-electron chi connectivity index (χ2n) is 5.07. The summed E-state index contributed by atoms with van der Waals surface area (Å²) in [6, 6.07) is 0. The van der Waals surface area contributed by atoms with Crippen molar-refractivity contribution in [1.29, 1.82) is 0 Å². The highest BCUT2D eigenvalue weighted by molar-refractivity contribution is 7.47. The second kappa shape index (κ2) is 14.8. The van der Waals surface area contributed by atoms with Gasteiger partial charge in [-0.2, -0.15) is 0 Å². The molecule has 23 heavy (non-hydrogen) atoms. The maximum Gasteiger partial charge on any atom is 0.472 e. The van der Waals surface area contributed by atoms with Crippen molar-refractivity contribution in [2.24, 2.45) is 0 Å². The van der Waals surface area contributed by atoms with Gasteiger partial charge in [-0.15, -0.1) is 0 Å². The standard InChI is InChI=1S/C11H22NO6P.2C2H6/c1-10(2)11(13)16-8-9-18-19(14,15)17-7-6-12(3,4)5;2*1-2/h1,6-9H2,2-5H3;2*1-2H3/p+1. The fourth-order valence-corrected chi connectivity index (χ4v) is 1.57. The minimum atomic E-state index is -4.09. The maximum atomic E-state index is 11.4. The van der Waals surface area contributed by atoms with Gasteiger partial charge in [-0.25, -0.2) is 9.36 Å². The van der Waals surface area contributed by atoms with Crippen LogP contribution in [0.1, 0.15) is 34.6 Å². The van der Waals surface area contributed by atoms with Crippen molar-refractivity contribution in [2.75, 3.05) is 47.5 Å². The van der Waals surface area contributed by atoms with Crippen molar-refractivity contribution < 1.29 is 32.5 Å². The average molecular weight is 356 g/mol. The largest absolute Gasteiger partial charge is 0.472 e. The Kier molecular flexibility index (Phi) is 17.5. The van der Waals surface area contributed by atoms with Gasteiger partial charge in [0.15, 0.2) is 0 Å². The minimum Gasteiger partial charge on any atom is -0.460 e. The third kappa shape index (κ3) is 21.3. The normalized spacial score (nSPS) is 12.7. The fraction of sp³-hybridized carbons (Fsp3) is 0.800. The molecule has 0 amide bonds. The molecule has 0 saturated carbocycles. The molecule has 1 unspecified atom stereocenters. The van der Waals surface area contributed by atoms with Crippen LogP contribution in [-0.4, -0.2) is 62.9 Å². The number of likely N-dealkylation sites (N-methyl/N-ethyl adjacent to an activating group) is 1. The first-order valence-electron chi connectivity index (χ1n) is 7.78. The van der Waals surface area contributed by atoms with Gasteiger partial charge in [0.25, 0.3) is 0 Å². The number of phosphoric acid groups is 1. The number of hydrogen-bond donors (Lipinski definition) is 1. The topological polar surface area (TPSA) is 82.1 Å². The number of ether oxygens (including phenoxy) is 1. The van der Waals surface area contributed by atoms with Crippen LogP contribution in [0.2, 0.25) is 0 Å². The SMILES string of the molecule is C=C(C)C(=O)OCCOP(=O)(O)OCC[N+](C)(C)C.CC.CC. The van der Waals surface area contributed by atoms with Crippen LogP contribution in [0.4, 0.5) is 0 Å². The van der Waals surface area contributed by atoms with E-state index >= 15 is 0 Å². The molecule has 0 spiro atoms. The predicted octanol–water partition coefficient (Wildman–Crippen LogP) is 3.00. The smallest absolute Gasteiger partial charge is 0.460 e. The van der Waals surface area contributed by atoms with Crippen LogP contribution in [0.25, 0.3) is 0 Å². The van der Waals surface area contributed by atoms with Crippen molar-refractivity contribution in [1.82, 2.24) is 0 Å². The summed E-state index contributed by atoms with van der Waals surface area (Å²) in [7, 11) is 1.72. The van der Waals surface area contributed by atoms with E-state index in [4.69, 9.17) is 9.26 Å². The Labute approximate surface area is 141 Å². The molecule has 1 N–H and O–H groups in total. The highest BCUT2D eigenvalue weighted by Crippen LogP contribution is 2.42. The summed E-state index contributed by atoms with van der Waals surface area (Å²) >= 11 is 0. The molecule has 1 atom stereocenters. The number of carbonyl (C=O) groups excluding carboxylic acids is 1. The summed E-state index contributed by atoms with van der Waals surface area (Å²) < 4.78 is 26.2. The fourth-order valence-electron chi connectivity index (χ4n) is 0.878. The van der Waals surface area contributed by atoms with Gasteiger partial charge in [0.05, 0.1) is 27.7 Å². The molecule has 8 heteroatoms. The van der Waals surface area contributed by atoms with Crippen LogP contribution in [0.15, 0.2) is 12.2 Å². The van der Waals surface area contributed by atoms with Crippen LogP contribution >= 0.6 is 7.82 Å². The third-order valence-electron chi connectivity index (χ3n) is 1.94. The Morgan fingerprint density at radius 1 is 1.04 bits per heavy atom. The lowest BCUT2D eigenvalue weighted by Gasteiger charge is -2.23. The molecule has 0 heterocycles. The van der Waals surface area contributed by atoms with Gasteiger partial charge < -0.3 is 14.1 Å². The molecule has 0 fully saturated rings. The van der Waals surface area contributed by atoms with Crippen molar-refractivity contribution in [3.63, 3.8) is 0 Å². The zero-order valence-electron chi connectivity index (χ0n) is 15.9. The molecule has 0 aromatic rings. The van der Waals surface area contributed by atoms with E-state index < -0.39 is 13.8 Å². The number of hydrogen-bond acceptors (Lipinski definition) is 5. The quantitative estimate of drug-likeness (QED) is 0.225. The lowest BCUT2D eigenvalue weighted by molar-refractivity contribution is -0.870. The van der Waals surface area contributed by atoms with E-state index in [1.807, 2.05) is 48.8 Å². The van der Waals surface area contributed by atoms with E-state index in [-0.39, 0.29) is 25.4 Å². The van der Waals surface area contributed by atoms with E-state index in [1.54, 1.807) is 0 Å². The summed E-state index contributed by atoms with van der Waals surface area (Å²) in [4.78, 5) is 20.3. The van der Waals surface area contributed by atoms with E-state index in [0.717, 1.165) is 0 Å². The molecule has 0 aromatic heterocycles. The molecule has 7 nitrogen and oxygen atoms in total. The van der Waals surface area contributed by atoms with Crippen molar-refractivity contribution in [3.05, 3.63) is 12.2 Å². The lowest BCUT2D eigenvalue weighted by Crippen LogP contribution is -2.37. The number of rotatable bonds is 9. The first-order chi connectivity index (χ1) is 10.5. The van der Waals surface area contributed by atoms with Gasteiger partial charge >= 0.3 is 13.8 Å². The Hall–Kier alpha value is -0.720. The van der Waals surface area contributed by atoms with Crippen LogP contribution in [0, 0.1) is 0 Å². The number of esters is 1. The van der Waals surface area contributed by atoms with Crippen molar-refractivity contribution >= 4 is 13.8 Å². The van der Waals surface area contributed by atoms with Gasteiger partial charge in [0.2, 0.25) is 0 Å². The summed E-state index contributed by atoms with van der Waals surface area (Å²) in [6.07, 6.45) is 0. The number of quaternary nitrogens is 1. The van der Waals surface area contributed by atoms with Crippen LogP contribution in [-0.2, 0) is 23.1 Å². The Morgan fingerprint density at radius 2 is 1.48 bits per heavy atom. The van der Waals surface area contributed by atoms with E-state index in [9.17, 15) is 14.3 Å². The van der Waals surface area contributed by atoms with Crippen LogP contribution in [0.3, 0.4) is 0 Å². The van der Waals surface area contributed by atoms with E-state index in [0.29, 0.717) is 11.0 Å². The highest BCUT2D eigenvalue weighted by Gasteiger charge is 2.22. The van der Waals surface area contributed by atoms with E-state index in [2.05, 4.69) is 11.1 Å². The molecule has 0 aliphatic heterocycles. The van der Waals surface area contributed by atoms with E-state index in [1.165, 1.54) is 6.92 Å². The van der Waals surface area contributed by atoms with Crippen LogP contribution < -0.4 is 0 Å².